The van der Waals surface area contributed by atoms with Crippen molar-refractivity contribution in [1.82, 2.24) is 0 Å². The highest BCUT2D eigenvalue weighted by Gasteiger charge is 2.31. The van der Waals surface area contributed by atoms with Crippen LogP contribution in [0.3, 0.4) is 0 Å². The molecule has 4 rings (SSSR count). The van der Waals surface area contributed by atoms with Crippen molar-refractivity contribution >= 4 is 43.8 Å². The molecule has 3 aromatic carbocycles. The molecule has 0 saturated heterocycles. The third-order valence-corrected chi connectivity index (χ3v) is 5.80. The predicted molar refractivity (Wildman–Crippen MR) is 123 cm³/mol. The fraction of sp³-hybridized carbons (Fsp3) is 0.0435. The van der Waals surface area contributed by atoms with Crippen molar-refractivity contribution in [3.8, 4) is 17.6 Å². The normalized spacial score (nSPS) is 15.6. The molecule has 0 unspecified atom stereocenters. The van der Waals surface area contributed by atoms with Gasteiger partial charge in [-0.3, -0.25) is 4.99 Å². The first-order valence-corrected chi connectivity index (χ1v) is 10.5. The Morgan fingerprint density at radius 3 is 2.30 bits per heavy atom. The van der Waals surface area contributed by atoms with Crippen molar-refractivity contribution < 1.29 is 9.84 Å². The van der Waals surface area contributed by atoms with E-state index in [2.05, 4.69) is 42.9 Å². The van der Waals surface area contributed by atoms with Gasteiger partial charge in [0.05, 0.1) is 11.6 Å². The molecule has 5 nitrogen and oxygen atoms in total. The Hall–Kier alpha value is -3.08. The number of aromatic hydroxyl groups is 1. The average molecular weight is 525 g/mol. The molecule has 3 aromatic rings. The zero-order chi connectivity index (χ0) is 21.3. The van der Waals surface area contributed by atoms with Gasteiger partial charge in [-0.25, -0.2) is 0 Å². The molecular formula is C23H15Br2N3O2. The molecule has 1 heterocycles. The second-order valence-corrected chi connectivity index (χ2v) is 8.49. The number of ether oxygens (including phenoxy) is 1. The fourth-order valence-corrected chi connectivity index (χ4v) is 3.81. The molecule has 0 fully saturated rings. The summed E-state index contributed by atoms with van der Waals surface area (Å²) in [7, 11) is 0. The van der Waals surface area contributed by atoms with Crippen LogP contribution in [0.1, 0.15) is 22.6 Å². The molecule has 7 heteroatoms. The van der Waals surface area contributed by atoms with Crippen molar-refractivity contribution in [2.24, 2.45) is 10.7 Å². The number of nitrogens with two attached hydrogens (primary N) is 1. The Labute approximate surface area is 190 Å². The largest absolute Gasteiger partial charge is 0.507 e. The molecule has 148 valence electrons. The smallest absolute Gasteiger partial charge is 0.205 e. The summed E-state index contributed by atoms with van der Waals surface area (Å²) in [6, 6.07) is 20.6. The number of benzene rings is 3. The molecule has 30 heavy (non-hydrogen) atoms. The van der Waals surface area contributed by atoms with Gasteiger partial charge in [0, 0.05) is 32.4 Å². The van der Waals surface area contributed by atoms with E-state index in [-0.39, 0.29) is 11.6 Å². The highest BCUT2D eigenvalue weighted by Crippen LogP contribution is 2.44. The summed E-state index contributed by atoms with van der Waals surface area (Å²) < 4.78 is 7.53. The van der Waals surface area contributed by atoms with Crippen LogP contribution in [-0.4, -0.2) is 11.3 Å². The van der Waals surface area contributed by atoms with Crippen LogP contribution >= 0.6 is 31.9 Å². The van der Waals surface area contributed by atoms with Gasteiger partial charge in [0.2, 0.25) is 5.88 Å². The standard InChI is InChI=1S/C23H15Br2N3O2/c24-15-3-1-13(2-4-15)22-18-9-14(12-28-17-7-5-16(25)6-8-17)20(29)10-21(18)30-23(27)19(22)11-26/h1-10,12,22,29H,27H2/t22-/m1/s1. The fourth-order valence-electron chi connectivity index (χ4n) is 3.28. The van der Waals surface area contributed by atoms with Gasteiger partial charge in [-0.2, -0.15) is 5.26 Å². The minimum atomic E-state index is -0.410. The molecule has 1 atom stereocenters. The number of phenolic OH excluding ortho intramolecular Hbond substituents is 1. The predicted octanol–water partition coefficient (Wildman–Crippen LogP) is 5.89. The van der Waals surface area contributed by atoms with Crippen molar-refractivity contribution in [2.75, 3.05) is 0 Å². The molecule has 0 bridgehead atoms. The lowest BCUT2D eigenvalue weighted by Crippen LogP contribution is -2.21. The van der Waals surface area contributed by atoms with E-state index in [0.717, 1.165) is 25.8 Å². The number of hydrogen-bond donors (Lipinski definition) is 2. The molecule has 0 amide bonds. The Kier molecular flexibility index (Phi) is 5.62. The van der Waals surface area contributed by atoms with Crippen LogP contribution in [0.5, 0.6) is 11.5 Å². The van der Waals surface area contributed by atoms with Gasteiger partial charge in [0.15, 0.2) is 0 Å². The molecular weight excluding hydrogens is 510 g/mol. The minimum Gasteiger partial charge on any atom is -0.507 e. The molecule has 0 saturated carbocycles. The van der Waals surface area contributed by atoms with Gasteiger partial charge < -0.3 is 15.6 Å². The molecule has 3 N–H and O–H groups in total. The summed E-state index contributed by atoms with van der Waals surface area (Å²) in [5, 5.41) is 20.2. The van der Waals surface area contributed by atoms with Gasteiger partial charge >= 0.3 is 0 Å². The second kappa shape index (κ2) is 8.34. The number of phenols is 1. The summed E-state index contributed by atoms with van der Waals surface area (Å²) in [6.45, 7) is 0. The van der Waals surface area contributed by atoms with Crippen LogP contribution in [-0.2, 0) is 0 Å². The first kappa shape index (κ1) is 20.2. The Morgan fingerprint density at radius 1 is 1.03 bits per heavy atom. The molecule has 0 radical (unpaired) electrons. The van der Waals surface area contributed by atoms with E-state index in [1.807, 2.05) is 48.5 Å². The first-order chi connectivity index (χ1) is 14.5. The van der Waals surface area contributed by atoms with Crippen molar-refractivity contribution in [1.29, 1.82) is 5.26 Å². The molecule has 0 aliphatic carbocycles. The Balaban J connectivity index is 1.81. The van der Waals surface area contributed by atoms with E-state index in [1.165, 1.54) is 6.07 Å². The van der Waals surface area contributed by atoms with E-state index in [9.17, 15) is 10.4 Å². The van der Waals surface area contributed by atoms with E-state index >= 15 is 0 Å². The zero-order valence-electron chi connectivity index (χ0n) is 15.5. The molecule has 0 spiro atoms. The van der Waals surface area contributed by atoms with Gasteiger partial charge in [0.1, 0.15) is 23.1 Å². The monoisotopic (exact) mass is 523 g/mol. The molecule has 1 aliphatic heterocycles. The summed E-state index contributed by atoms with van der Waals surface area (Å²) >= 11 is 6.83. The van der Waals surface area contributed by atoms with Crippen LogP contribution in [0.2, 0.25) is 0 Å². The quantitative estimate of drug-likeness (QED) is 0.418. The van der Waals surface area contributed by atoms with Gasteiger partial charge in [0.25, 0.3) is 0 Å². The number of halogens is 2. The van der Waals surface area contributed by atoms with Crippen LogP contribution in [0.4, 0.5) is 5.69 Å². The third-order valence-electron chi connectivity index (χ3n) is 4.75. The molecule has 0 aromatic heterocycles. The van der Waals surface area contributed by atoms with Crippen LogP contribution in [0.25, 0.3) is 0 Å². The number of fused-ring (bicyclic) bond motifs is 1. The van der Waals surface area contributed by atoms with E-state index < -0.39 is 5.92 Å². The van der Waals surface area contributed by atoms with E-state index in [1.54, 1.807) is 12.3 Å². The highest BCUT2D eigenvalue weighted by atomic mass is 79.9. The van der Waals surface area contributed by atoms with Crippen molar-refractivity contribution in [3.05, 3.63) is 97.8 Å². The lowest BCUT2D eigenvalue weighted by molar-refractivity contribution is 0.388. The Morgan fingerprint density at radius 2 is 1.67 bits per heavy atom. The number of rotatable bonds is 3. The van der Waals surface area contributed by atoms with Crippen LogP contribution < -0.4 is 10.5 Å². The summed E-state index contributed by atoms with van der Waals surface area (Å²) in [4.78, 5) is 4.44. The van der Waals surface area contributed by atoms with Crippen molar-refractivity contribution in [2.45, 2.75) is 5.92 Å². The SMILES string of the molecule is N#CC1=C(N)Oc2cc(O)c(C=Nc3ccc(Br)cc3)cc2[C@H]1c1ccc(Br)cc1. The lowest BCUT2D eigenvalue weighted by Gasteiger charge is -2.27. The average Bonchev–Trinajstić information content (AvgIpc) is 2.73. The summed E-state index contributed by atoms with van der Waals surface area (Å²) in [5.41, 5.74) is 9.22. The lowest BCUT2D eigenvalue weighted by atomic mass is 9.83. The molecule has 1 aliphatic rings. The van der Waals surface area contributed by atoms with Gasteiger partial charge in [-0.05, 0) is 48.0 Å². The summed E-state index contributed by atoms with van der Waals surface area (Å²) in [6.07, 6.45) is 1.59. The van der Waals surface area contributed by atoms with E-state index in [4.69, 9.17) is 10.5 Å². The number of allylic oxidation sites excluding steroid dienone is 1. The highest BCUT2D eigenvalue weighted by molar-refractivity contribution is 9.10. The van der Waals surface area contributed by atoms with Crippen LogP contribution in [0, 0.1) is 11.3 Å². The number of aliphatic imine (C=N–C) groups is 1. The third kappa shape index (κ3) is 3.97. The van der Waals surface area contributed by atoms with E-state index in [0.29, 0.717) is 16.9 Å². The summed E-state index contributed by atoms with van der Waals surface area (Å²) in [5.74, 6) is 0.0518. The maximum Gasteiger partial charge on any atom is 0.205 e. The van der Waals surface area contributed by atoms with Crippen LogP contribution in [0.15, 0.2) is 86.1 Å². The second-order valence-electron chi connectivity index (χ2n) is 6.66. The zero-order valence-corrected chi connectivity index (χ0v) is 18.7. The maximum absolute atomic E-state index is 10.5. The number of nitriles is 1. The minimum absolute atomic E-state index is 0.0115. The topological polar surface area (TPSA) is 91.6 Å². The Bertz CT molecular complexity index is 1210. The maximum atomic E-state index is 10.5. The number of hydrogen-bond acceptors (Lipinski definition) is 5. The van der Waals surface area contributed by atoms with Gasteiger partial charge in [-0.15, -0.1) is 0 Å². The van der Waals surface area contributed by atoms with Crippen molar-refractivity contribution in [3.63, 3.8) is 0 Å². The number of nitrogens with zero attached hydrogens (tertiary/aromatic N) is 2. The first-order valence-electron chi connectivity index (χ1n) is 8.96. The van der Waals surface area contributed by atoms with Gasteiger partial charge in [-0.1, -0.05) is 44.0 Å².